The van der Waals surface area contributed by atoms with Gasteiger partial charge < -0.3 is 20.7 Å². The third-order valence-electron chi connectivity index (χ3n) is 1.77. The summed E-state index contributed by atoms with van der Waals surface area (Å²) in [5.74, 6) is -1.59. The van der Waals surface area contributed by atoms with Crippen molar-refractivity contribution in [2.75, 3.05) is 7.11 Å². The number of hydrogen-bond donors (Lipinski definition) is 3. The molecule has 0 aliphatic heterocycles. The highest BCUT2D eigenvalue weighted by molar-refractivity contribution is 5.85. The Morgan fingerprint density at radius 3 is 2.73 bits per heavy atom. The second kappa shape index (κ2) is 5.43. The fourth-order valence-electron chi connectivity index (χ4n) is 0.999. The largest absolute Gasteiger partial charge is 0.504 e. The highest BCUT2D eigenvalue weighted by Gasteiger charge is 2.20. The van der Waals surface area contributed by atoms with Crippen LogP contribution in [0.15, 0.2) is 12.1 Å². The Balaban J connectivity index is 0.00000196. The Bertz CT molecular complexity index is 356. The van der Waals surface area contributed by atoms with Crippen LogP contribution in [-0.4, -0.2) is 23.3 Å². The molecular formula is C9H11ClNO4. The highest BCUT2D eigenvalue weighted by atomic mass is 35.5. The number of nitrogens with two attached hydrogens (primary N) is 1. The van der Waals surface area contributed by atoms with Gasteiger partial charge in [0.15, 0.2) is 11.5 Å². The SMILES string of the molecule is COC(=O)C(N)c1cc[c]c(O)c1O.Cl. The third kappa shape index (κ3) is 2.74. The molecular weight excluding hydrogens is 222 g/mol. The minimum Gasteiger partial charge on any atom is -0.504 e. The molecule has 0 aromatic heterocycles. The number of carbonyl (C=O) groups excluding carboxylic acids is 1. The summed E-state index contributed by atoms with van der Waals surface area (Å²) in [6.45, 7) is 0. The van der Waals surface area contributed by atoms with Crippen LogP contribution in [0.5, 0.6) is 11.5 Å². The first-order valence-electron chi connectivity index (χ1n) is 3.84. The van der Waals surface area contributed by atoms with Gasteiger partial charge in [0.2, 0.25) is 0 Å². The summed E-state index contributed by atoms with van der Waals surface area (Å²) >= 11 is 0. The molecule has 15 heavy (non-hydrogen) atoms. The Hall–Kier alpha value is -1.46. The van der Waals surface area contributed by atoms with E-state index >= 15 is 0 Å². The van der Waals surface area contributed by atoms with Gasteiger partial charge in [-0.3, -0.25) is 4.79 Å². The fourth-order valence-corrected chi connectivity index (χ4v) is 0.999. The lowest BCUT2D eigenvalue weighted by atomic mass is 10.1. The normalized spacial score (nSPS) is 11.3. The number of carbonyl (C=O) groups is 1. The Labute approximate surface area is 92.9 Å². The fraction of sp³-hybridized carbons (Fsp3) is 0.222. The van der Waals surface area contributed by atoms with Gasteiger partial charge in [0.05, 0.1) is 7.11 Å². The minimum absolute atomic E-state index is 0. The summed E-state index contributed by atoms with van der Waals surface area (Å²) in [5, 5.41) is 18.4. The number of esters is 1. The summed E-state index contributed by atoms with van der Waals surface area (Å²) in [6.07, 6.45) is 0. The van der Waals surface area contributed by atoms with Gasteiger partial charge in [0, 0.05) is 11.6 Å². The predicted octanol–water partition coefficient (Wildman–Crippen LogP) is 0.493. The predicted molar refractivity (Wildman–Crippen MR) is 54.8 cm³/mol. The summed E-state index contributed by atoms with van der Waals surface area (Å²) in [4.78, 5) is 11.0. The highest BCUT2D eigenvalue weighted by Crippen LogP contribution is 2.31. The van der Waals surface area contributed by atoms with E-state index in [2.05, 4.69) is 10.8 Å². The topological polar surface area (TPSA) is 92.8 Å². The van der Waals surface area contributed by atoms with Crippen molar-refractivity contribution in [1.29, 1.82) is 0 Å². The first-order valence-corrected chi connectivity index (χ1v) is 3.84. The van der Waals surface area contributed by atoms with Crippen LogP contribution in [-0.2, 0) is 9.53 Å². The Morgan fingerprint density at radius 2 is 2.20 bits per heavy atom. The molecule has 1 atom stereocenters. The second-order valence-corrected chi connectivity index (χ2v) is 2.63. The van der Waals surface area contributed by atoms with Crippen molar-refractivity contribution in [2.45, 2.75) is 6.04 Å². The summed E-state index contributed by atoms with van der Waals surface area (Å²) in [6, 6.07) is 3.98. The maximum absolute atomic E-state index is 11.0. The van der Waals surface area contributed by atoms with Gasteiger partial charge in [-0.15, -0.1) is 12.4 Å². The average molecular weight is 233 g/mol. The van der Waals surface area contributed by atoms with Crippen LogP contribution in [0.2, 0.25) is 0 Å². The van der Waals surface area contributed by atoms with Crippen LogP contribution in [0.25, 0.3) is 0 Å². The molecule has 0 fully saturated rings. The van der Waals surface area contributed by atoms with Crippen LogP contribution in [0.4, 0.5) is 0 Å². The zero-order chi connectivity index (χ0) is 10.7. The van der Waals surface area contributed by atoms with Gasteiger partial charge in [-0.1, -0.05) is 6.07 Å². The molecule has 0 spiro atoms. The molecule has 1 rings (SSSR count). The average Bonchev–Trinajstić information content (AvgIpc) is 2.20. The monoisotopic (exact) mass is 232 g/mol. The second-order valence-electron chi connectivity index (χ2n) is 2.63. The maximum atomic E-state index is 11.0. The molecule has 6 heteroatoms. The van der Waals surface area contributed by atoms with Crippen molar-refractivity contribution in [3.8, 4) is 11.5 Å². The van der Waals surface area contributed by atoms with E-state index in [1.165, 1.54) is 19.2 Å². The van der Waals surface area contributed by atoms with Crippen LogP contribution in [0.1, 0.15) is 11.6 Å². The lowest BCUT2D eigenvalue weighted by Gasteiger charge is -2.11. The zero-order valence-electron chi connectivity index (χ0n) is 7.93. The van der Waals surface area contributed by atoms with E-state index in [1.807, 2.05) is 0 Å². The first-order chi connectivity index (χ1) is 6.57. The van der Waals surface area contributed by atoms with Crippen molar-refractivity contribution in [1.82, 2.24) is 0 Å². The van der Waals surface area contributed by atoms with E-state index in [1.54, 1.807) is 0 Å². The van der Waals surface area contributed by atoms with Gasteiger partial charge in [-0.2, -0.15) is 0 Å². The lowest BCUT2D eigenvalue weighted by molar-refractivity contribution is -0.142. The quantitative estimate of drug-likeness (QED) is 0.510. The number of rotatable bonds is 2. The summed E-state index contributed by atoms with van der Waals surface area (Å²) in [7, 11) is 1.19. The Kier molecular flexibility index (Phi) is 4.90. The Morgan fingerprint density at radius 1 is 1.60 bits per heavy atom. The number of aromatic hydroxyl groups is 2. The van der Waals surface area contributed by atoms with Crippen molar-refractivity contribution in [3.05, 3.63) is 23.8 Å². The number of ether oxygens (including phenoxy) is 1. The van der Waals surface area contributed by atoms with E-state index < -0.39 is 23.5 Å². The smallest absolute Gasteiger partial charge is 0.327 e. The van der Waals surface area contributed by atoms with Gasteiger partial charge in [0.1, 0.15) is 6.04 Å². The summed E-state index contributed by atoms with van der Waals surface area (Å²) in [5.41, 5.74) is 5.56. The number of hydrogen-bond acceptors (Lipinski definition) is 5. The molecule has 0 heterocycles. The number of phenols is 2. The lowest BCUT2D eigenvalue weighted by Crippen LogP contribution is -2.22. The number of benzene rings is 1. The maximum Gasteiger partial charge on any atom is 0.327 e. The molecule has 0 saturated carbocycles. The molecule has 1 radical (unpaired) electrons. The molecule has 1 aromatic carbocycles. The van der Waals surface area contributed by atoms with E-state index in [4.69, 9.17) is 10.8 Å². The van der Waals surface area contributed by atoms with Gasteiger partial charge in [-0.05, 0) is 6.07 Å². The summed E-state index contributed by atoms with van der Waals surface area (Å²) < 4.78 is 4.39. The molecule has 0 saturated heterocycles. The van der Waals surface area contributed by atoms with Crippen LogP contribution in [0.3, 0.4) is 0 Å². The van der Waals surface area contributed by atoms with Crippen molar-refractivity contribution >= 4 is 18.4 Å². The van der Waals surface area contributed by atoms with Crippen LogP contribution < -0.4 is 5.73 Å². The standard InChI is InChI=1S/C9H10NO4.ClH/c1-14-9(13)7(10)5-3-2-4-6(11)8(5)12;/h2-3,7,11-12H,10H2,1H3;1H. The third-order valence-corrected chi connectivity index (χ3v) is 1.77. The van der Waals surface area contributed by atoms with Crippen LogP contribution in [0, 0.1) is 6.07 Å². The first kappa shape index (κ1) is 13.5. The molecule has 1 unspecified atom stereocenters. The molecule has 4 N–H and O–H groups in total. The van der Waals surface area contributed by atoms with Crippen molar-refractivity contribution < 1.29 is 19.7 Å². The van der Waals surface area contributed by atoms with Gasteiger partial charge in [0.25, 0.3) is 0 Å². The van der Waals surface area contributed by atoms with E-state index in [-0.39, 0.29) is 18.0 Å². The molecule has 0 bridgehead atoms. The molecule has 0 amide bonds. The molecule has 0 aliphatic rings. The molecule has 83 valence electrons. The molecule has 1 aromatic rings. The van der Waals surface area contributed by atoms with Crippen LogP contribution >= 0.6 is 12.4 Å². The number of phenolic OH excluding ortho intramolecular Hbond substituents is 2. The number of halogens is 1. The van der Waals surface area contributed by atoms with Gasteiger partial charge >= 0.3 is 5.97 Å². The number of methoxy groups -OCH3 is 1. The van der Waals surface area contributed by atoms with Gasteiger partial charge in [-0.25, -0.2) is 0 Å². The zero-order valence-corrected chi connectivity index (χ0v) is 8.75. The van der Waals surface area contributed by atoms with E-state index in [0.717, 1.165) is 0 Å². The van der Waals surface area contributed by atoms with Crippen molar-refractivity contribution in [3.63, 3.8) is 0 Å². The van der Waals surface area contributed by atoms with E-state index in [9.17, 15) is 9.90 Å². The molecule has 0 aliphatic carbocycles. The van der Waals surface area contributed by atoms with Crippen molar-refractivity contribution in [2.24, 2.45) is 5.73 Å². The molecule has 5 nitrogen and oxygen atoms in total. The van der Waals surface area contributed by atoms with E-state index in [0.29, 0.717) is 0 Å². The minimum atomic E-state index is -1.11.